The summed E-state index contributed by atoms with van der Waals surface area (Å²) in [4.78, 5) is 51.8. The van der Waals surface area contributed by atoms with Gasteiger partial charge in [-0.25, -0.2) is 4.98 Å². The van der Waals surface area contributed by atoms with E-state index in [-0.39, 0.29) is 35.0 Å². The highest BCUT2D eigenvalue weighted by atomic mass is 32.2. The Morgan fingerprint density at radius 3 is 2.39 bits per heavy atom. The van der Waals surface area contributed by atoms with E-state index in [1.807, 2.05) is 65.6 Å². The van der Waals surface area contributed by atoms with Crippen LogP contribution in [0.1, 0.15) is 55.6 Å². The average molecular weight is 763 g/mol. The SMILES string of the molecule is C=C[C@@H](Cn1cc(CON2C(=O)c3ccccc3C2=O)nn1)[C@H]1CCN2C(=O)S[C@@H](c3cc(-c4ccc(Oc5ccccc5)cc4)nc4ccc(C)cc34)[C@@H]2C1. The lowest BCUT2D eigenvalue weighted by molar-refractivity contribution is -0.102. The second-order valence-corrected chi connectivity index (χ2v) is 15.6. The monoisotopic (exact) mass is 762 g/mol. The number of allylic oxidation sites excluding steroid dienone is 1. The third-order valence-corrected chi connectivity index (χ3v) is 12.2. The molecule has 3 amide bonds. The predicted molar refractivity (Wildman–Crippen MR) is 213 cm³/mol. The number of para-hydroxylation sites is 1. The molecule has 5 heterocycles. The van der Waals surface area contributed by atoms with Gasteiger partial charge in [0.25, 0.3) is 17.1 Å². The van der Waals surface area contributed by atoms with Gasteiger partial charge in [-0.2, -0.15) is 0 Å². The zero-order chi connectivity index (χ0) is 38.3. The van der Waals surface area contributed by atoms with Gasteiger partial charge in [-0.1, -0.05) is 65.0 Å². The molecule has 0 radical (unpaired) electrons. The number of thioether (sulfide) groups is 1. The highest BCUT2D eigenvalue weighted by Crippen LogP contribution is 2.51. The van der Waals surface area contributed by atoms with Gasteiger partial charge in [-0.15, -0.1) is 16.7 Å². The van der Waals surface area contributed by atoms with Crippen molar-refractivity contribution < 1.29 is 24.0 Å². The third-order valence-electron chi connectivity index (χ3n) is 10.9. The number of piperidine rings is 1. The van der Waals surface area contributed by atoms with Crippen LogP contribution < -0.4 is 4.74 Å². The molecule has 0 unspecified atom stereocenters. The number of rotatable bonds is 11. The number of hydroxylamine groups is 2. The molecule has 6 aromatic rings. The molecule has 0 bridgehead atoms. The summed E-state index contributed by atoms with van der Waals surface area (Å²) in [6, 6.07) is 32.8. The molecule has 0 spiro atoms. The molecule has 2 saturated heterocycles. The van der Waals surface area contributed by atoms with Gasteiger partial charge < -0.3 is 9.64 Å². The van der Waals surface area contributed by atoms with E-state index < -0.39 is 11.8 Å². The van der Waals surface area contributed by atoms with E-state index in [1.165, 1.54) is 11.8 Å². The summed E-state index contributed by atoms with van der Waals surface area (Å²) in [6.07, 6.45) is 5.40. The lowest BCUT2D eigenvalue weighted by Gasteiger charge is -2.39. The van der Waals surface area contributed by atoms with Crippen molar-refractivity contribution in [3.63, 3.8) is 0 Å². The molecule has 11 nitrogen and oxygen atoms in total. The van der Waals surface area contributed by atoms with Crippen molar-refractivity contribution in [1.29, 1.82) is 0 Å². The van der Waals surface area contributed by atoms with Crippen LogP contribution in [0.4, 0.5) is 4.79 Å². The first-order valence-corrected chi connectivity index (χ1v) is 19.5. The first-order chi connectivity index (χ1) is 27.3. The lowest BCUT2D eigenvalue weighted by atomic mass is 9.79. The van der Waals surface area contributed by atoms with Crippen LogP contribution in [0.5, 0.6) is 11.5 Å². The summed E-state index contributed by atoms with van der Waals surface area (Å²) in [5.74, 6) is 0.840. The van der Waals surface area contributed by atoms with E-state index >= 15 is 0 Å². The van der Waals surface area contributed by atoms with E-state index in [0.29, 0.717) is 29.9 Å². The quantitative estimate of drug-likeness (QED) is 0.0942. The van der Waals surface area contributed by atoms with E-state index in [9.17, 15) is 14.4 Å². The van der Waals surface area contributed by atoms with Gasteiger partial charge >= 0.3 is 0 Å². The second-order valence-electron chi connectivity index (χ2n) is 14.5. The fourth-order valence-corrected chi connectivity index (χ4v) is 9.38. The van der Waals surface area contributed by atoms with Crippen LogP contribution in [0.25, 0.3) is 22.2 Å². The van der Waals surface area contributed by atoms with Crippen molar-refractivity contribution in [3.8, 4) is 22.8 Å². The number of aryl methyl sites for hydroxylation is 1. The van der Waals surface area contributed by atoms with Gasteiger partial charge in [0, 0.05) is 30.1 Å². The van der Waals surface area contributed by atoms with E-state index in [2.05, 4.69) is 48.1 Å². The van der Waals surface area contributed by atoms with Gasteiger partial charge in [0.15, 0.2) is 0 Å². The number of carbonyl (C=O) groups excluding carboxylic acids is 3. The Hall–Kier alpha value is -6.11. The van der Waals surface area contributed by atoms with Gasteiger partial charge in [-0.05, 0) is 104 Å². The fourth-order valence-electron chi connectivity index (χ4n) is 8.06. The van der Waals surface area contributed by atoms with E-state index in [0.717, 1.165) is 62.7 Å². The maximum absolute atomic E-state index is 13.6. The van der Waals surface area contributed by atoms with Crippen LogP contribution in [0.15, 0.2) is 122 Å². The Bertz CT molecular complexity index is 2450. The number of benzene rings is 4. The molecule has 56 heavy (non-hydrogen) atoms. The number of imide groups is 1. The van der Waals surface area contributed by atoms with Crippen molar-refractivity contribution in [3.05, 3.63) is 150 Å². The van der Waals surface area contributed by atoms with Crippen molar-refractivity contribution in [2.24, 2.45) is 11.8 Å². The van der Waals surface area contributed by atoms with Crippen molar-refractivity contribution in [2.45, 2.75) is 44.2 Å². The number of hydrogen-bond acceptors (Lipinski definition) is 9. The Labute approximate surface area is 327 Å². The Balaban J connectivity index is 0.923. The first-order valence-electron chi connectivity index (χ1n) is 18.7. The molecule has 280 valence electrons. The highest BCUT2D eigenvalue weighted by Gasteiger charge is 2.46. The van der Waals surface area contributed by atoms with Crippen LogP contribution in [-0.2, 0) is 18.0 Å². The molecule has 12 heteroatoms. The molecule has 9 rings (SSSR count). The number of ether oxygens (including phenoxy) is 1. The predicted octanol–water partition coefficient (Wildman–Crippen LogP) is 8.81. The molecule has 4 aromatic carbocycles. The normalized spacial score (nSPS) is 19.7. The number of pyridine rings is 1. The number of fused-ring (bicyclic) bond motifs is 3. The average Bonchev–Trinajstić information content (AvgIpc) is 3.89. The number of aromatic nitrogens is 4. The molecular weight excluding hydrogens is 725 g/mol. The number of amides is 3. The summed E-state index contributed by atoms with van der Waals surface area (Å²) < 4.78 is 7.80. The molecule has 0 saturated carbocycles. The van der Waals surface area contributed by atoms with Crippen molar-refractivity contribution in [2.75, 3.05) is 6.54 Å². The van der Waals surface area contributed by atoms with Crippen LogP contribution in [-0.4, -0.2) is 59.6 Å². The summed E-state index contributed by atoms with van der Waals surface area (Å²) in [6.45, 7) is 7.40. The molecule has 2 fully saturated rings. The van der Waals surface area contributed by atoms with Crippen molar-refractivity contribution in [1.82, 2.24) is 29.9 Å². The minimum absolute atomic E-state index is 0.00586. The summed E-state index contributed by atoms with van der Waals surface area (Å²) in [5, 5.41) is 10.5. The topological polar surface area (TPSA) is 120 Å². The van der Waals surface area contributed by atoms with E-state index in [4.69, 9.17) is 14.6 Å². The largest absolute Gasteiger partial charge is 0.457 e. The number of nitrogens with zero attached hydrogens (tertiary/aromatic N) is 6. The second kappa shape index (κ2) is 14.9. The van der Waals surface area contributed by atoms with Crippen LogP contribution in [0, 0.1) is 18.8 Å². The molecule has 3 aliphatic rings. The molecule has 3 aliphatic heterocycles. The fraction of sp³-hybridized carbons (Fsp3) is 0.227. The van der Waals surface area contributed by atoms with Crippen molar-refractivity contribution >= 4 is 39.7 Å². The van der Waals surface area contributed by atoms with Gasteiger partial charge in [0.1, 0.15) is 23.8 Å². The summed E-state index contributed by atoms with van der Waals surface area (Å²) in [5.41, 5.74) is 6.08. The van der Waals surface area contributed by atoms with Gasteiger partial charge in [-0.3, -0.25) is 23.9 Å². The third kappa shape index (κ3) is 6.75. The minimum Gasteiger partial charge on any atom is -0.457 e. The smallest absolute Gasteiger partial charge is 0.285 e. The van der Waals surface area contributed by atoms with Gasteiger partial charge in [0.05, 0.1) is 33.8 Å². The Morgan fingerprint density at radius 1 is 0.911 bits per heavy atom. The highest BCUT2D eigenvalue weighted by molar-refractivity contribution is 8.14. The summed E-state index contributed by atoms with van der Waals surface area (Å²) in [7, 11) is 0. The van der Waals surface area contributed by atoms with E-state index in [1.54, 1.807) is 35.1 Å². The molecular formula is C44H38N6O5S. The summed E-state index contributed by atoms with van der Waals surface area (Å²) >= 11 is 1.41. The Morgan fingerprint density at radius 2 is 1.64 bits per heavy atom. The minimum atomic E-state index is -0.493. The number of carbonyl (C=O) groups is 3. The molecule has 0 aliphatic carbocycles. The van der Waals surface area contributed by atoms with Crippen LogP contribution >= 0.6 is 11.8 Å². The van der Waals surface area contributed by atoms with Crippen LogP contribution in [0.3, 0.4) is 0 Å². The first kappa shape index (κ1) is 35.6. The zero-order valence-electron chi connectivity index (χ0n) is 30.7. The molecule has 2 aromatic heterocycles. The maximum Gasteiger partial charge on any atom is 0.285 e. The Kier molecular flexibility index (Phi) is 9.44. The lowest BCUT2D eigenvalue weighted by Crippen LogP contribution is -2.43. The van der Waals surface area contributed by atoms with Crippen LogP contribution in [0.2, 0.25) is 0 Å². The maximum atomic E-state index is 13.6. The standard InChI is InChI=1S/C44H38N6O5S/c1-3-28(24-48-25-31(46-47-48)26-54-50-42(51)34-11-7-8-12-35(34)43(50)52)30-19-20-49-40(22-30)41(56-44(49)53)37-23-39(45-38-18-13-27(2)21-36(37)38)29-14-16-33(17-15-29)55-32-9-5-4-6-10-32/h3-18,21,23,25,28,30,40-41H,1,19-20,22,24,26H2,2H3/t28-,30-,40-,41-/m0/s1. The zero-order valence-corrected chi connectivity index (χ0v) is 31.5. The number of hydrogen-bond donors (Lipinski definition) is 0. The molecule has 0 N–H and O–H groups in total. The molecule has 4 atom stereocenters. The van der Waals surface area contributed by atoms with Gasteiger partial charge in [0.2, 0.25) is 0 Å².